The molecular formula is C15H13N. The maximum Gasteiger partial charge on any atom is 0.0460 e. The summed E-state index contributed by atoms with van der Waals surface area (Å²) in [5.41, 5.74) is 5.09. The Morgan fingerprint density at radius 2 is 1.75 bits per heavy atom. The van der Waals surface area contributed by atoms with Gasteiger partial charge in [-0.1, -0.05) is 30.3 Å². The highest BCUT2D eigenvalue weighted by Gasteiger charge is 2.03. The van der Waals surface area contributed by atoms with E-state index in [1.807, 2.05) is 12.3 Å². The molecular weight excluding hydrogens is 194 g/mol. The predicted octanol–water partition coefficient (Wildman–Crippen LogP) is 4.14. The van der Waals surface area contributed by atoms with Crippen LogP contribution in [0.2, 0.25) is 0 Å². The number of fused-ring (bicyclic) bond motifs is 1. The van der Waals surface area contributed by atoms with Crippen LogP contribution in [-0.2, 0) is 0 Å². The Hall–Kier alpha value is -2.02. The van der Waals surface area contributed by atoms with Gasteiger partial charge in [0.05, 0.1) is 0 Å². The Kier molecular flexibility index (Phi) is 2.03. The molecule has 1 heterocycles. The molecule has 0 spiro atoms. The molecule has 0 amide bonds. The Labute approximate surface area is 94.7 Å². The maximum atomic E-state index is 3.26. The topological polar surface area (TPSA) is 15.8 Å². The van der Waals surface area contributed by atoms with E-state index >= 15 is 0 Å². The van der Waals surface area contributed by atoms with Crippen molar-refractivity contribution in [1.29, 1.82) is 0 Å². The molecule has 0 unspecified atom stereocenters. The van der Waals surface area contributed by atoms with Gasteiger partial charge in [0.2, 0.25) is 0 Å². The van der Waals surface area contributed by atoms with Crippen LogP contribution in [0.3, 0.4) is 0 Å². The van der Waals surface area contributed by atoms with Crippen LogP contribution < -0.4 is 0 Å². The molecule has 1 nitrogen and oxygen atoms in total. The zero-order chi connectivity index (χ0) is 11.0. The summed E-state index contributed by atoms with van der Waals surface area (Å²) >= 11 is 0. The van der Waals surface area contributed by atoms with Gasteiger partial charge in [0, 0.05) is 11.7 Å². The van der Waals surface area contributed by atoms with Gasteiger partial charge in [0.1, 0.15) is 0 Å². The lowest BCUT2D eigenvalue weighted by molar-refractivity contribution is 1.45. The summed E-state index contributed by atoms with van der Waals surface area (Å²) in [4.78, 5) is 3.26. The zero-order valence-electron chi connectivity index (χ0n) is 9.20. The lowest BCUT2D eigenvalue weighted by Crippen LogP contribution is -1.83. The Balaban J connectivity index is 2.27. The van der Waals surface area contributed by atoms with E-state index in [1.165, 1.54) is 27.6 Å². The number of H-pyrrole nitrogens is 1. The van der Waals surface area contributed by atoms with Crippen molar-refractivity contribution in [3.63, 3.8) is 0 Å². The van der Waals surface area contributed by atoms with Crippen molar-refractivity contribution < 1.29 is 0 Å². The SMILES string of the molecule is Cc1cc2cc[nH]c2cc1-c1ccccc1. The normalized spacial score (nSPS) is 10.8. The third kappa shape index (κ3) is 1.41. The van der Waals surface area contributed by atoms with Crippen molar-refractivity contribution >= 4 is 10.9 Å². The number of aromatic nitrogens is 1. The van der Waals surface area contributed by atoms with Gasteiger partial charge in [0.25, 0.3) is 0 Å². The molecule has 78 valence electrons. The molecule has 2 aromatic carbocycles. The molecule has 0 aliphatic heterocycles. The summed E-state index contributed by atoms with van der Waals surface area (Å²) in [6, 6.07) is 17.1. The lowest BCUT2D eigenvalue weighted by atomic mass is 9.99. The Morgan fingerprint density at radius 3 is 2.56 bits per heavy atom. The molecule has 0 atom stereocenters. The van der Waals surface area contributed by atoms with Gasteiger partial charge in [-0.3, -0.25) is 0 Å². The average molecular weight is 207 g/mol. The van der Waals surface area contributed by atoms with Crippen LogP contribution >= 0.6 is 0 Å². The summed E-state index contributed by atoms with van der Waals surface area (Å²) < 4.78 is 0. The van der Waals surface area contributed by atoms with E-state index in [9.17, 15) is 0 Å². The van der Waals surface area contributed by atoms with Gasteiger partial charge in [0.15, 0.2) is 0 Å². The molecule has 0 aliphatic rings. The molecule has 16 heavy (non-hydrogen) atoms. The summed E-state index contributed by atoms with van der Waals surface area (Å²) in [7, 11) is 0. The standard InChI is InChI=1S/C15H13N/c1-11-9-13-7-8-16-15(13)10-14(11)12-5-3-2-4-6-12/h2-10,16H,1H3. The average Bonchev–Trinajstić information content (AvgIpc) is 2.76. The summed E-state index contributed by atoms with van der Waals surface area (Å²) in [5.74, 6) is 0. The number of rotatable bonds is 1. The van der Waals surface area contributed by atoms with Crippen LogP contribution in [0.25, 0.3) is 22.0 Å². The molecule has 0 saturated heterocycles. The van der Waals surface area contributed by atoms with Crippen molar-refractivity contribution in [3.05, 3.63) is 60.3 Å². The van der Waals surface area contributed by atoms with E-state index in [1.54, 1.807) is 0 Å². The molecule has 1 heteroatoms. The Morgan fingerprint density at radius 1 is 0.938 bits per heavy atom. The smallest absolute Gasteiger partial charge is 0.0460 e. The molecule has 1 N–H and O–H groups in total. The highest BCUT2D eigenvalue weighted by molar-refractivity contribution is 5.86. The molecule has 0 saturated carbocycles. The lowest BCUT2D eigenvalue weighted by Gasteiger charge is -2.06. The molecule has 1 aromatic heterocycles. The van der Waals surface area contributed by atoms with Gasteiger partial charge < -0.3 is 4.98 Å². The first-order valence-electron chi connectivity index (χ1n) is 5.48. The van der Waals surface area contributed by atoms with Crippen LogP contribution in [0, 0.1) is 6.92 Å². The largest absolute Gasteiger partial charge is 0.361 e. The third-order valence-corrected chi connectivity index (χ3v) is 2.98. The number of aromatic amines is 1. The van der Waals surface area contributed by atoms with Crippen LogP contribution in [0.1, 0.15) is 5.56 Å². The molecule has 0 aliphatic carbocycles. The number of nitrogens with one attached hydrogen (secondary N) is 1. The fourth-order valence-electron chi connectivity index (χ4n) is 2.14. The van der Waals surface area contributed by atoms with Crippen LogP contribution in [0.15, 0.2) is 54.7 Å². The predicted molar refractivity (Wildman–Crippen MR) is 68.5 cm³/mol. The van der Waals surface area contributed by atoms with Crippen molar-refractivity contribution in [2.24, 2.45) is 0 Å². The number of hydrogen-bond acceptors (Lipinski definition) is 0. The minimum Gasteiger partial charge on any atom is -0.361 e. The highest BCUT2D eigenvalue weighted by atomic mass is 14.7. The highest BCUT2D eigenvalue weighted by Crippen LogP contribution is 2.27. The number of hydrogen-bond donors (Lipinski definition) is 1. The van der Waals surface area contributed by atoms with E-state index in [0.717, 1.165) is 0 Å². The van der Waals surface area contributed by atoms with E-state index in [0.29, 0.717) is 0 Å². The van der Waals surface area contributed by atoms with E-state index in [2.05, 4.69) is 54.4 Å². The molecule has 0 radical (unpaired) electrons. The first-order chi connectivity index (χ1) is 7.84. The second kappa shape index (κ2) is 3.53. The second-order valence-electron chi connectivity index (χ2n) is 4.10. The summed E-state index contributed by atoms with van der Waals surface area (Å²) in [6.45, 7) is 2.16. The molecule has 3 aromatic rings. The van der Waals surface area contributed by atoms with Crippen LogP contribution in [-0.4, -0.2) is 4.98 Å². The van der Waals surface area contributed by atoms with E-state index in [4.69, 9.17) is 0 Å². The maximum absolute atomic E-state index is 3.26. The van der Waals surface area contributed by atoms with Gasteiger partial charge in [-0.25, -0.2) is 0 Å². The summed E-state index contributed by atoms with van der Waals surface area (Å²) in [5, 5.41) is 1.28. The number of aryl methyl sites for hydroxylation is 1. The van der Waals surface area contributed by atoms with Crippen molar-refractivity contribution in [2.45, 2.75) is 6.92 Å². The van der Waals surface area contributed by atoms with Gasteiger partial charge in [-0.15, -0.1) is 0 Å². The van der Waals surface area contributed by atoms with Crippen LogP contribution in [0.5, 0.6) is 0 Å². The summed E-state index contributed by atoms with van der Waals surface area (Å²) in [6.07, 6.45) is 1.98. The Bertz CT molecular complexity index is 620. The van der Waals surface area contributed by atoms with Gasteiger partial charge >= 0.3 is 0 Å². The fraction of sp³-hybridized carbons (Fsp3) is 0.0667. The molecule has 0 fully saturated rings. The minimum atomic E-state index is 1.20. The van der Waals surface area contributed by atoms with E-state index in [-0.39, 0.29) is 0 Å². The van der Waals surface area contributed by atoms with Crippen molar-refractivity contribution in [1.82, 2.24) is 4.98 Å². The minimum absolute atomic E-state index is 1.20. The molecule has 3 rings (SSSR count). The second-order valence-corrected chi connectivity index (χ2v) is 4.10. The van der Waals surface area contributed by atoms with Gasteiger partial charge in [-0.05, 0) is 47.2 Å². The monoisotopic (exact) mass is 207 g/mol. The van der Waals surface area contributed by atoms with Crippen LogP contribution in [0.4, 0.5) is 0 Å². The fourth-order valence-corrected chi connectivity index (χ4v) is 2.14. The van der Waals surface area contributed by atoms with E-state index < -0.39 is 0 Å². The zero-order valence-corrected chi connectivity index (χ0v) is 9.20. The molecule has 0 bridgehead atoms. The third-order valence-electron chi connectivity index (χ3n) is 2.98. The quantitative estimate of drug-likeness (QED) is 0.617. The first kappa shape index (κ1) is 9.22. The van der Waals surface area contributed by atoms with Gasteiger partial charge in [-0.2, -0.15) is 0 Å². The van der Waals surface area contributed by atoms with Crippen molar-refractivity contribution in [2.75, 3.05) is 0 Å². The first-order valence-corrected chi connectivity index (χ1v) is 5.48. The van der Waals surface area contributed by atoms with Crippen molar-refractivity contribution in [3.8, 4) is 11.1 Å². The number of benzene rings is 2.